The van der Waals surface area contributed by atoms with Crippen LogP contribution in [0.15, 0.2) is 41.4 Å². The first kappa shape index (κ1) is 15.2. The van der Waals surface area contributed by atoms with Gasteiger partial charge in [-0.3, -0.25) is 9.48 Å². The van der Waals surface area contributed by atoms with Crippen molar-refractivity contribution in [3.63, 3.8) is 0 Å². The van der Waals surface area contributed by atoms with E-state index in [0.717, 1.165) is 13.0 Å². The number of sulfonamides is 1. The number of nitrogens with one attached hydrogen (secondary N) is 1. The average molecular weight is 308 g/mol. The lowest BCUT2D eigenvalue weighted by Gasteiger charge is -2.04. The van der Waals surface area contributed by atoms with E-state index in [-0.39, 0.29) is 10.8 Å². The maximum absolute atomic E-state index is 12.0. The number of aryl methyl sites for hydroxylation is 1. The first-order valence-corrected chi connectivity index (χ1v) is 7.92. The van der Waals surface area contributed by atoms with Gasteiger partial charge in [0.1, 0.15) is 0 Å². The lowest BCUT2D eigenvalue weighted by Crippen LogP contribution is -2.14. The zero-order valence-electron chi connectivity index (χ0n) is 11.5. The van der Waals surface area contributed by atoms with Crippen LogP contribution < -0.4 is 10.5 Å². The number of anilines is 1. The number of rotatable bonds is 5. The number of carbonyl (C=O) groups is 1. The van der Waals surface area contributed by atoms with Crippen molar-refractivity contribution >= 4 is 21.6 Å². The van der Waals surface area contributed by atoms with Crippen molar-refractivity contribution in [2.45, 2.75) is 24.8 Å². The third-order valence-electron chi connectivity index (χ3n) is 2.77. The Balaban J connectivity index is 2.08. The van der Waals surface area contributed by atoms with Crippen LogP contribution in [0.1, 0.15) is 23.8 Å². The van der Waals surface area contributed by atoms with Crippen molar-refractivity contribution < 1.29 is 13.2 Å². The first-order valence-electron chi connectivity index (χ1n) is 6.38. The fourth-order valence-electron chi connectivity index (χ4n) is 1.76. The van der Waals surface area contributed by atoms with Gasteiger partial charge >= 0.3 is 0 Å². The van der Waals surface area contributed by atoms with Gasteiger partial charge in [0.2, 0.25) is 10.0 Å². The molecular formula is C13H16N4O3S. The van der Waals surface area contributed by atoms with Gasteiger partial charge in [-0.05, 0) is 36.8 Å². The van der Waals surface area contributed by atoms with E-state index < -0.39 is 10.0 Å². The average Bonchev–Trinajstić information content (AvgIpc) is 2.87. The molecule has 0 aliphatic carbocycles. The zero-order valence-corrected chi connectivity index (χ0v) is 12.3. The third-order valence-corrected chi connectivity index (χ3v) is 3.70. The van der Waals surface area contributed by atoms with Crippen LogP contribution in [-0.2, 0) is 16.6 Å². The molecule has 1 heterocycles. The molecule has 0 saturated heterocycles. The monoisotopic (exact) mass is 308 g/mol. The van der Waals surface area contributed by atoms with Gasteiger partial charge in [-0.15, -0.1) is 0 Å². The predicted molar refractivity (Wildman–Crippen MR) is 78.3 cm³/mol. The second-order valence-electron chi connectivity index (χ2n) is 4.49. The highest BCUT2D eigenvalue weighted by atomic mass is 32.2. The highest BCUT2D eigenvalue weighted by Crippen LogP contribution is 2.13. The minimum atomic E-state index is -3.73. The Morgan fingerprint density at radius 2 is 1.95 bits per heavy atom. The topological polar surface area (TPSA) is 107 Å². The fraction of sp³-hybridized carbons (Fsp3) is 0.231. The quantitative estimate of drug-likeness (QED) is 0.865. The van der Waals surface area contributed by atoms with Crippen LogP contribution in [0.25, 0.3) is 0 Å². The van der Waals surface area contributed by atoms with Gasteiger partial charge in [-0.25, -0.2) is 13.6 Å². The normalized spacial score (nSPS) is 11.3. The molecule has 1 aromatic carbocycles. The molecule has 0 unspecified atom stereocenters. The molecule has 8 heteroatoms. The predicted octanol–water partition coefficient (Wildman–Crippen LogP) is 1.19. The van der Waals surface area contributed by atoms with Crippen molar-refractivity contribution in [1.29, 1.82) is 0 Å². The smallest absolute Gasteiger partial charge is 0.276 e. The molecule has 2 rings (SSSR count). The number of aromatic nitrogens is 2. The van der Waals surface area contributed by atoms with Crippen molar-refractivity contribution in [2.75, 3.05) is 5.32 Å². The van der Waals surface area contributed by atoms with Gasteiger partial charge in [0.15, 0.2) is 5.69 Å². The van der Waals surface area contributed by atoms with E-state index in [1.807, 2.05) is 6.92 Å². The number of carbonyl (C=O) groups excluding carboxylic acids is 1. The highest BCUT2D eigenvalue weighted by molar-refractivity contribution is 7.89. The summed E-state index contributed by atoms with van der Waals surface area (Å²) in [5, 5.41) is 11.8. The van der Waals surface area contributed by atoms with Crippen LogP contribution in [0.2, 0.25) is 0 Å². The Labute approximate surface area is 122 Å². The molecule has 0 atom stereocenters. The number of benzene rings is 1. The number of nitrogens with two attached hydrogens (primary N) is 1. The molecular weight excluding hydrogens is 292 g/mol. The van der Waals surface area contributed by atoms with Crippen molar-refractivity contribution in [3.05, 3.63) is 42.2 Å². The van der Waals surface area contributed by atoms with Gasteiger partial charge in [-0.1, -0.05) is 6.92 Å². The van der Waals surface area contributed by atoms with Gasteiger partial charge in [0.05, 0.1) is 4.90 Å². The van der Waals surface area contributed by atoms with Gasteiger partial charge in [0.25, 0.3) is 5.91 Å². The van der Waals surface area contributed by atoms with Crippen LogP contribution in [0.3, 0.4) is 0 Å². The second-order valence-corrected chi connectivity index (χ2v) is 6.05. The molecule has 0 aliphatic rings. The van der Waals surface area contributed by atoms with E-state index in [2.05, 4.69) is 10.4 Å². The Hall–Kier alpha value is -2.19. The molecule has 0 fully saturated rings. The Morgan fingerprint density at radius 1 is 1.29 bits per heavy atom. The summed E-state index contributed by atoms with van der Waals surface area (Å²) >= 11 is 0. The maximum Gasteiger partial charge on any atom is 0.276 e. The summed E-state index contributed by atoms with van der Waals surface area (Å²) in [6.07, 6.45) is 2.67. The van der Waals surface area contributed by atoms with Crippen molar-refractivity contribution in [3.8, 4) is 0 Å². The molecule has 2 aromatic rings. The molecule has 3 N–H and O–H groups in total. The molecule has 1 amide bonds. The summed E-state index contributed by atoms with van der Waals surface area (Å²) in [4.78, 5) is 12.0. The summed E-state index contributed by atoms with van der Waals surface area (Å²) in [7, 11) is -3.73. The minimum Gasteiger partial charge on any atom is -0.321 e. The summed E-state index contributed by atoms with van der Waals surface area (Å²) < 4.78 is 24.0. The van der Waals surface area contributed by atoms with Crippen LogP contribution in [0, 0.1) is 0 Å². The first-order chi connectivity index (χ1) is 9.90. The Morgan fingerprint density at radius 3 is 2.52 bits per heavy atom. The molecule has 0 aliphatic heterocycles. The molecule has 7 nitrogen and oxygen atoms in total. The minimum absolute atomic E-state index is 0.00674. The number of amides is 1. The molecule has 1 aromatic heterocycles. The Kier molecular flexibility index (Phi) is 4.39. The number of primary sulfonamides is 1. The van der Waals surface area contributed by atoms with Crippen LogP contribution in [0.4, 0.5) is 5.69 Å². The number of nitrogens with zero attached hydrogens (tertiary/aromatic N) is 2. The summed E-state index contributed by atoms with van der Waals surface area (Å²) in [5.74, 6) is -0.354. The highest BCUT2D eigenvalue weighted by Gasteiger charge is 2.11. The molecule has 0 saturated carbocycles. The summed E-state index contributed by atoms with van der Waals surface area (Å²) in [5.41, 5.74) is 0.774. The standard InChI is InChI=1S/C13H16N4O3S/c1-2-8-17-9-7-12(16-17)13(18)15-10-3-5-11(6-4-10)21(14,19)20/h3-7,9H,2,8H2,1H3,(H,15,18)(H2,14,19,20). The third kappa shape index (κ3) is 3.89. The fourth-order valence-corrected chi connectivity index (χ4v) is 2.27. The summed E-state index contributed by atoms with van der Waals surface area (Å²) in [6, 6.07) is 7.24. The van der Waals surface area contributed by atoms with Crippen LogP contribution in [-0.4, -0.2) is 24.1 Å². The van der Waals surface area contributed by atoms with Crippen LogP contribution >= 0.6 is 0 Å². The van der Waals surface area contributed by atoms with E-state index in [1.54, 1.807) is 16.9 Å². The Bertz CT molecular complexity index is 735. The summed E-state index contributed by atoms with van der Waals surface area (Å²) in [6.45, 7) is 2.77. The van der Waals surface area contributed by atoms with E-state index in [1.165, 1.54) is 24.3 Å². The van der Waals surface area contributed by atoms with E-state index in [9.17, 15) is 13.2 Å². The van der Waals surface area contributed by atoms with E-state index in [0.29, 0.717) is 11.4 Å². The van der Waals surface area contributed by atoms with Gasteiger partial charge in [-0.2, -0.15) is 5.10 Å². The molecule has 21 heavy (non-hydrogen) atoms. The maximum atomic E-state index is 12.0. The number of hydrogen-bond acceptors (Lipinski definition) is 4. The largest absolute Gasteiger partial charge is 0.321 e. The van der Waals surface area contributed by atoms with Crippen molar-refractivity contribution in [2.24, 2.45) is 5.14 Å². The van der Waals surface area contributed by atoms with Gasteiger partial charge in [0, 0.05) is 18.4 Å². The molecule has 112 valence electrons. The second kappa shape index (κ2) is 6.06. The lowest BCUT2D eigenvalue weighted by molar-refractivity contribution is 0.102. The van der Waals surface area contributed by atoms with Gasteiger partial charge < -0.3 is 5.32 Å². The number of hydrogen-bond donors (Lipinski definition) is 2. The zero-order chi connectivity index (χ0) is 15.5. The molecule has 0 bridgehead atoms. The SMILES string of the molecule is CCCn1ccc(C(=O)Nc2ccc(S(N)(=O)=O)cc2)n1. The molecule has 0 radical (unpaired) electrons. The van der Waals surface area contributed by atoms with E-state index >= 15 is 0 Å². The van der Waals surface area contributed by atoms with Crippen LogP contribution in [0.5, 0.6) is 0 Å². The molecule has 0 spiro atoms. The van der Waals surface area contributed by atoms with E-state index in [4.69, 9.17) is 5.14 Å². The lowest BCUT2D eigenvalue weighted by atomic mass is 10.3. The van der Waals surface area contributed by atoms with Crippen molar-refractivity contribution in [1.82, 2.24) is 9.78 Å².